The number of aliphatic hydroxyl groups is 1. The molecule has 0 radical (unpaired) electrons. The highest BCUT2D eigenvalue weighted by Crippen LogP contribution is 2.10. The zero-order valence-electron chi connectivity index (χ0n) is 45.0. The number of hydrogen-bond acceptors (Lipinski definition) is 2. The minimum atomic E-state index is 1.00. The molecule has 2 nitrogen and oxygen atoms in total. The summed E-state index contributed by atoms with van der Waals surface area (Å²) in [7, 11) is 4.25. The topological polar surface area (TPSA) is 29.5 Å². The van der Waals surface area contributed by atoms with Crippen molar-refractivity contribution in [2.24, 2.45) is 0 Å². The molecule has 0 heterocycles. The van der Waals surface area contributed by atoms with Crippen molar-refractivity contribution in [2.45, 2.75) is 103 Å². The van der Waals surface area contributed by atoms with Crippen molar-refractivity contribution in [3.63, 3.8) is 0 Å². The highest BCUT2D eigenvalue weighted by molar-refractivity contribution is 5.32. The van der Waals surface area contributed by atoms with Crippen LogP contribution in [0.15, 0.2) is 212 Å². The van der Waals surface area contributed by atoms with Crippen molar-refractivity contribution >= 4 is 0 Å². The van der Waals surface area contributed by atoms with E-state index in [1.54, 1.807) is 14.2 Å². The van der Waals surface area contributed by atoms with Gasteiger partial charge >= 0.3 is 0 Å². The molecule has 8 rings (SSSR count). The van der Waals surface area contributed by atoms with Gasteiger partial charge in [0, 0.05) is 21.3 Å². The van der Waals surface area contributed by atoms with E-state index in [1.807, 2.05) is 60.7 Å². The van der Waals surface area contributed by atoms with E-state index < -0.39 is 0 Å². The maximum Gasteiger partial charge on any atom is 0.0351 e. The number of aliphatic hydroxyl groups excluding tert-OH is 1. The van der Waals surface area contributed by atoms with Crippen LogP contribution in [0.2, 0.25) is 0 Å². The predicted octanol–water partition coefficient (Wildman–Crippen LogP) is 17.9. The van der Waals surface area contributed by atoms with Gasteiger partial charge in [0.25, 0.3) is 0 Å². The average molecular weight is 913 g/mol. The lowest BCUT2D eigenvalue weighted by molar-refractivity contribution is 0.277. The monoisotopic (exact) mass is 913 g/mol. The molecule has 0 fully saturated rings. The molecule has 0 saturated heterocycles. The Kier molecular flexibility index (Phi) is 40.6. The van der Waals surface area contributed by atoms with Crippen LogP contribution in [0.1, 0.15) is 86.2 Å². The number of methoxy groups -OCH3 is 1. The second kappa shape index (κ2) is 43.3. The lowest BCUT2D eigenvalue weighted by Gasteiger charge is -2.00. The summed E-state index contributed by atoms with van der Waals surface area (Å²) in [4.78, 5) is 0. The van der Waals surface area contributed by atoms with Gasteiger partial charge in [-0.3, -0.25) is 0 Å². The van der Waals surface area contributed by atoms with E-state index in [9.17, 15) is 0 Å². The number of benzene rings is 8. The maximum atomic E-state index is 7.00. The first-order valence-corrected chi connectivity index (χ1v) is 23.7. The first kappa shape index (κ1) is 63.8. The van der Waals surface area contributed by atoms with E-state index in [4.69, 9.17) is 5.11 Å². The molecule has 0 aliphatic heterocycles. The normalized spacial score (nSPS) is 8.84. The zero-order chi connectivity index (χ0) is 51.4. The molecular weight excluding hydrogens is 825 g/mol. The van der Waals surface area contributed by atoms with Gasteiger partial charge in [0.15, 0.2) is 0 Å². The largest absolute Gasteiger partial charge is 0.400 e. The molecule has 0 unspecified atom stereocenters. The van der Waals surface area contributed by atoms with Gasteiger partial charge in [-0.05, 0) is 134 Å². The fourth-order valence-corrected chi connectivity index (χ4v) is 5.64. The second-order valence-electron chi connectivity index (χ2n) is 16.3. The van der Waals surface area contributed by atoms with Crippen molar-refractivity contribution in [1.82, 2.24) is 0 Å². The minimum Gasteiger partial charge on any atom is -0.400 e. The molecule has 0 atom stereocenters. The van der Waals surface area contributed by atoms with Gasteiger partial charge in [-0.25, -0.2) is 0 Å². The third kappa shape index (κ3) is 35.9. The van der Waals surface area contributed by atoms with Gasteiger partial charge in [-0.2, -0.15) is 0 Å². The van der Waals surface area contributed by atoms with Gasteiger partial charge in [0.05, 0.1) is 0 Å². The fraction of sp³-hybridized carbons (Fsp3) is 0.273. The van der Waals surface area contributed by atoms with Crippen LogP contribution in [-0.4, -0.2) is 26.4 Å². The van der Waals surface area contributed by atoms with Crippen molar-refractivity contribution in [3.8, 4) is 0 Å². The summed E-state index contributed by atoms with van der Waals surface area (Å²) in [6.45, 7) is 27.7. The number of ether oxygens (including phenoxy) is 1. The van der Waals surface area contributed by atoms with Crippen LogP contribution in [0.25, 0.3) is 0 Å². The van der Waals surface area contributed by atoms with Gasteiger partial charge in [-0.15, -0.1) is 0 Å². The molecule has 8 aromatic rings. The molecule has 0 aliphatic rings. The Labute approximate surface area is 416 Å². The molecule has 0 spiro atoms. The highest BCUT2D eigenvalue weighted by atomic mass is 16.4. The lowest BCUT2D eigenvalue weighted by Crippen LogP contribution is -1.82. The Balaban J connectivity index is 0. The van der Waals surface area contributed by atoms with Gasteiger partial charge in [0.1, 0.15) is 0 Å². The summed E-state index contributed by atoms with van der Waals surface area (Å²) in [6.07, 6.45) is 2.29. The summed E-state index contributed by atoms with van der Waals surface area (Å²) >= 11 is 0. The van der Waals surface area contributed by atoms with Crippen LogP contribution >= 0.6 is 0 Å². The van der Waals surface area contributed by atoms with Crippen LogP contribution in [0.4, 0.5) is 0 Å². The molecule has 364 valence electrons. The zero-order valence-corrected chi connectivity index (χ0v) is 45.0. The highest BCUT2D eigenvalue weighted by Gasteiger charge is 1.92. The Morgan fingerprint density at radius 2 is 0.574 bits per heavy atom. The Bertz CT molecular complexity index is 2210. The van der Waals surface area contributed by atoms with Crippen molar-refractivity contribution in [1.29, 1.82) is 0 Å². The van der Waals surface area contributed by atoms with E-state index in [2.05, 4.69) is 246 Å². The van der Waals surface area contributed by atoms with Crippen molar-refractivity contribution in [3.05, 3.63) is 285 Å². The maximum absolute atomic E-state index is 7.00. The molecule has 1 N–H and O–H groups in total. The summed E-state index contributed by atoms with van der Waals surface area (Å²) in [5.41, 5.74) is 17.8. The predicted molar refractivity (Wildman–Crippen MR) is 303 cm³/mol. The molecule has 8 aromatic carbocycles. The van der Waals surface area contributed by atoms with Crippen LogP contribution in [0.3, 0.4) is 0 Å². The first-order chi connectivity index (χ1) is 32.7. The van der Waals surface area contributed by atoms with Gasteiger partial charge in [0.2, 0.25) is 0 Å². The first-order valence-electron chi connectivity index (χ1n) is 23.7. The van der Waals surface area contributed by atoms with Crippen molar-refractivity contribution < 1.29 is 9.84 Å². The van der Waals surface area contributed by atoms with Crippen LogP contribution in [0.5, 0.6) is 0 Å². The molecular formula is C66H88O2. The van der Waals surface area contributed by atoms with Gasteiger partial charge in [-0.1, -0.05) is 254 Å². The Hall–Kier alpha value is -6.32. The molecule has 0 aromatic heterocycles. The van der Waals surface area contributed by atoms with Crippen LogP contribution in [-0.2, 0) is 17.6 Å². The molecule has 0 saturated carbocycles. The van der Waals surface area contributed by atoms with E-state index in [-0.39, 0.29) is 0 Å². The third-order valence-electron chi connectivity index (χ3n) is 10.2. The number of rotatable bonds is 2. The number of aryl methyl sites for hydroxylation is 12. The van der Waals surface area contributed by atoms with E-state index in [1.165, 1.54) is 72.3 Å². The van der Waals surface area contributed by atoms with Crippen LogP contribution in [0, 0.1) is 76.2 Å². The third-order valence-corrected chi connectivity index (χ3v) is 10.2. The minimum absolute atomic E-state index is 1.00. The Morgan fingerprint density at radius 1 is 0.294 bits per heavy atom. The van der Waals surface area contributed by atoms with E-state index >= 15 is 0 Å². The molecule has 0 bridgehead atoms. The molecule has 0 amide bonds. The molecule has 68 heavy (non-hydrogen) atoms. The van der Waals surface area contributed by atoms with Crippen molar-refractivity contribution in [2.75, 3.05) is 21.3 Å². The van der Waals surface area contributed by atoms with Gasteiger partial charge < -0.3 is 9.84 Å². The van der Waals surface area contributed by atoms with Crippen LogP contribution < -0.4 is 0 Å². The average Bonchev–Trinajstić information content (AvgIpc) is 3.36. The SMILES string of the molecule is CCc1ccccc1.CCc1ccccc1C.CO.COC.Cc1ccc(C)cc1.Cc1cccc(C)c1.Cc1cccc(C)c1C.Cc1ccccc1.Cc1ccccc1C.c1ccccc1. The fourth-order valence-electron chi connectivity index (χ4n) is 5.64. The summed E-state index contributed by atoms with van der Waals surface area (Å²) in [5.74, 6) is 0. The lowest BCUT2D eigenvalue weighted by atomic mass is 10.1. The summed E-state index contributed by atoms with van der Waals surface area (Å²) in [5, 5.41) is 7.00. The Morgan fingerprint density at radius 3 is 0.824 bits per heavy atom. The van der Waals surface area contributed by atoms with E-state index in [0.29, 0.717) is 0 Å². The standard InChI is InChI=1S/2C9H12.4C8H10.C7H8.C6H6.C2H6O.CH4O/c1-7-5-4-6-8(2)9(7)3;1-3-9-7-5-4-6-8(9)2;1-7-3-5-8(2)6-4-7;1-7-4-3-5-8(2)6-7;1-7-5-3-4-6-8(7)2;1-2-8-6-4-3-5-7-8;1-7-5-3-2-4-6-7;1-2-4-6-5-3-1;1-3-2;1-2/h4-6H,1-3H3;4-7H,3H2,1-2H3;3*3-6H,1-2H3;3-7H,2H2,1H3;2-6H,1H3;1-6H;1-2H3;2H,1H3. The quantitative estimate of drug-likeness (QED) is 0.187. The second-order valence-corrected chi connectivity index (χ2v) is 16.3. The number of hydrogen-bond donors (Lipinski definition) is 1. The smallest absolute Gasteiger partial charge is 0.0351 e. The van der Waals surface area contributed by atoms with E-state index in [0.717, 1.165) is 20.0 Å². The molecule has 2 heteroatoms. The summed E-state index contributed by atoms with van der Waals surface area (Å²) < 4.78 is 4.25. The summed E-state index contributed by atoms with van der Waals surface area (Å²) in [6, 6.07) is 72.9. The molecule has 0 aliphatic carbocycles.